The van der Waals surface area contributed by atoms with Crippen molar-refractivity contribution in [2.45, 2.75) is 25.8 Å². The third-order valence-electron chi connectivity index (χ3n) is 4.76. The average Bonchev–Trinajstić information content (AvgIpc) is 3.46. The van der Waals surface area contributed by atoms with Crippen LogP contribution >= 0.6 is 0 Å². The molecule has 0 spiro atoms. The van der Waals surface area contributed by atoms with Gasteiger partial charge in [-0.3, -0.25) is 9.89 Å². The molecule has 2 aliphatic rings. The summed E-state index contributed by atoms with van der Waals surface area (Å²) in [6.07, 6.45) is 2.64. The molecule has 1 aromatic rings. The van der Waals surface area contributed by atoms with E-state index in [1.807, 2.05) is 12.1 Å². The molecule has 0 radical (unpaired) electrons. The number of nitrogens with zero attached hydrogens (tertiary/aromatic N) is 2. The van der Waals surface area contributed by atoms with Crippen LogP contribution in [-0.4, -0.2) is 56.8 Å². The van der Waals surface area contributed by atoms with E-state index in [0.29, 0.717) is 6.54 Å². The van der Waals surface area contributed by atoms with Crippen LogP contribution in [0.5, 0.6) is 0 Å². The van der Waals surface area contributed by atoms with Crippen molar-refractivity contribution in [3.63, 3.8) is 0 Å². The van der Waals surface area contributed by atoms with Crippen LogP contribution in [0.3, 0.4) is 0 Å². The Bertz CT molecular complexity index is 553. The minimum absolute atomic E-state index is 0.140. The lowest BCUT2D eigenvalue weighted by Gasteiger charge is -2.34. The Morgan fingerprint density at radius 2 is 1.96 bits per heavy atom. The summed E-state index contributed by atoms with van der Waals surface area (Å²) in [5.74, 6) is 1.47. The number of hydrogen-bond acceptors (Lipinski definition) is 3. The second-order valence-electron chi connectivity index (χ2n) is 6.76. The van der Waals surface area contributed by atoms with Crippen LogP contribution in [0.15, 0.2) is 29.3 Å². The van der Waals surface area contributed by atoms with Crippen LogP contribution in [-0.2, 0) is 4.74 Å². The molecule has 0 amide bonds. The van der Waals surface area contributed by atoms with E-state index in [4.69, 9.17) is 9.73 Å². The molecule has 1 heterocycles. The molecule has 2 N–H and O–H groups in total. The summed E-state index contributed by atoms with van der Waals surface area (Å²) < 4.78 is 18.8. The third kappa shape index (κ3) is 5.68. The van der Waals surface area contributed by atoms with Crippen LogP contribution in [0.2, 0.25) is 0 Å². The van der Waals surface area contributed by atoms with Gasteiger partial charge in [0, 0.05) is 26.2 Å². The maximum absolute atomic E-state index is 13.3. The van der Waals surface area contributed by atoms with Gasteiger partial charge in [-0.15, -0.1) is 0 Å². The molecule has 1 unspecified atom stereocenters. The van der Waals surface area contributed by atoms with Gasteiger partial charge in [-0.25, -0.2) is 4.39 Å². The zero-order valence-corrected chi connectivity index (χ0v) is 15.0. The molecule has 5 nitrogen and oxygen atoms in total. The van der Waals surface area contributed by atoms with Gasteiger partial charge in [-0.2, -0.15) is 0 Å². The normalized spacial score (nSPS) is 20.3. The smallest absolute Gasteiger partial charge is 0.191 e. The van der Waals surface area contributed by atoms with Crippen molar-refractivity contribution in [1.82, 2.24) is 15.5 Å². The van der Waals surface area contributed by atoms with E-state index in [-0.39, 0.29) is 11.9 Å². The molecule has 1 atom stereocenters. The molecule has 1 aliphatic heterocycles. The van der Waals surface area contributed by atoms with Gasteiger partial charge >= 0.3 is 0 Å². The Morgan fingerprint density at radius 1 is 1.24 bits per heavy atom. The van der Waals surface area contributed by atoms with Gasteiger partial charge in [0.15, 0.2) is 5.96 Å². The van der Waals surface area contributed by atoms with Crippen molar-refractivity contribution in [3.8, 4) is 0 Å². The van der Waals surface area contributed by atoms with Gasteiger partial charge in [0.2, 0.25) is 0 Å². The number of aliphatic imine (C=N–C) groups is 1. The summed E-state index contributed by atoms with van der Waals surface area (Å²) in [6, 6.07) is 6.94. The fraction of sp³-hybridized carbons (Fsp3) is 0.632. The summed E-state index contributed by atoms with van der Waals surface area (Å²) in [7, 11) is 0. The molecule has 3 rings (SSSR count). The third-order valence-corrected chi connectivity index (χ3v) is 4.76. The first kappa shape index (κ1) is 18.1. The molecular weight excluding hydrogens is 319 g/mol. The molecule has 0 bridgehead atoms. The van der Waals surface area contributed by atoms with Gasteiger partial charge in [-0.05, 0) is 43.4 Å². The predicted octanol–water partition coefficient (Wildman–Crippen LogP) is 2.16. The molecule has 1 saturated carbocycles. The highest BCUT2D eigenvalue weighted by Crippen LogP contribution is 2.27. The molecule has 6 heteroatoms. The summed E-state index contributed by atoms with van der Waals surface area (Å²) in [6.45, 7) is 7.79. The van der Waals surface area contributed by atoms with E-state index in [1.165, 1.54) is 25.0 Å². The second-order valence-corrected chi connectivity index (χ2v) is 6.76. The Labute approximate surface area is 149 Å². The molecule has 138 valence electrons. The number of benzene rings is 1. The molecule has 25 heavy (non-hydrogen) atoms. The summed E-state index contributed by atoms with van der Waals surface area (Å²) in [5, 5.41) is 6.76. The highest BCUT2D eigenvalue weighted by Gasteiger charge is 2.23. The lowest BCUT2D eigenvalue weighted by molar-refractivity contribution is 0.0179. The van der Waals surface area contributed by atoms with Crippen molar-refractivity contribution in [2.24, 2.45) is 10.9 Å². The molecule has 1 aromatic carbocycles. The zero-order chi connectivity index (χ0) is 17.5. The summed E-state index contributed by atoms with van der Waals surface area (Å²) in [4.78, 5) is 7.19. The highest BCUT2D eigenvalue weighted by atomic mass is 19.1. The van der Waals surface area contributed by atoms with E-state index in [0.717, 1.165) is 56.8 Å². The Kier molecular flexibility index (Phi) is 6.64. The molecule has 1 aliphatic carbocycles. The van der Waals surface area contributed by atoms with Crippen molar-refractivity contribution in [2.75, 3.05) is 45.9 Å². The number of rotatable bonds is 7. The second kappa shape index (κ2) is 9.15. The topological polar surface area (TPSA) is 48.9 Å². The van der Waals surface area contributed by atoms with E-state index >= 15 is 0 Å². The zero-order valence-electron chi connectivity index (χ0n) is 15.0. The predicted molar refractivity (Wildman–Crippen MR) is 98.2 cm³/mol. The number of nitrogens with one attached hydrogen (secondary N) is 2. The van der Waals surface area contributed by atoms with Gasteiger partial charge in [-0.1, -0.05) is 12.1 Å². The number of morpholine rings is 1. The Balaban J connectivity index is 1.70. The largest absolute Gasteiger partial charge is 0.379 e. The first-order valence-corrected chi connectivity index (χ1v) is 9.35. The van der Waals surface area contributed by atoms with Crippen molar-refractivity contribution >= 4 is 5.96 Å². The summed E-state index contributed by atoms with van der Waals surface area (Å²) >= 11 is 0. The van der Waals surface area contributed by atoms with Crippen molar-refractivity contribution in [3.05, 3.63) is 35.6 Å². The SMILES string of the molecule is CCNC(=NCC(c1ccc(F)cc1)N1CCOCC1)NCC1CC1. The van der Waals surface area contributed by atoms with Gasteiger partial charge in [0.25, 0.3) is 0 Å². The molecule has 2 fully saturated rings. The lowest BCUT2D eigenvalue weighted by Crippen LogP contribution is -2.42. The Morgan fingerprint density at radius 3 is 2.60 bits per heavy atom. The number of guanidine groups is 1. The number of hydrogen-bond donors (Lipinski definition) is 2. The van der Waals surface area contributed by atoms with Crippen LogP contribution in [0.25, 0.3) is 0 Å². The molecule has 0 aromatic heterocycles. The van der Waals surface area contributed by atoms with Gasteiger partial charge in [0.1, 0.15) is 5.82 Å². The van der Waals surface area contributed by atoms with E-state index < -0.39 is 0 Å². The fourth-order valence-corrected chi connectivity index (χ4v) is 3.09. The van der Waals surface area contributed by atoms with Crippen LogP contribution in [0, 0.1) is 11.7 Å². The quantitative estimate of drug-likeness (QED) is 0.586. The van der Waals surface area contributed by atoms with Gasteiger partial charge < -0.3 is 15.4 Å². The molecular formula is C19H29FN4O. The standard InChI is InChI=1S/C19H29FN4O/c1-2-21-19(22-13-15-3-4-15)23-14-18(24-9-11-25-12-10-24)16-5-7-17(20)8-6-16/h5-8,15,18H,2-4,9-14H2,1H3,(H2,21,22,23). The lowest BCUT2D eigenvalue weighted by atomic mass is 10.0. The minimum atomic E-state index is -0.201. The maximum atomic E-state index is 13.3. The summed E-state index contributed by atoms with van der Waals surface area (Å²) in [5.41, 5.74) is 1.10. The first-order valence-electron chi connectivity index (χ1n) is 9.35. The number of halogens is 1. The van der Waals surface area contributed by atoms with Crippen LogP contribution < -0.4 is 10.6 Å². The monoisotopic (exact) mass is 348 g/mol. The Hall–Kier alpha value is -1.66. The average molecular weight is 348 g/mol. The van der Waals surface area contributed by atoms with Gasteiger partial charge in [0.05, 0.1) is 25.8 Å². The van der Waals surface area contributed by atoms with E-state index in [1.54, 1.807) is 0 Å². The molecule has 1 saturated heterocycles. The van der Waals surface area contributed by atoms with Crippen LogP contribution in [0.1, 0.15) is 31.4 Å². The minimum Gasteiger partial charge on any atom is -0.379 e. The maximum Gasteiger partial charge on any atom is 0.191 e. The van der Waals surface area contributed by atoms with Crippen molar-refractivity contribution < 1.29 is 9.13 Å². The number of ether oxygens (including phenoxy) is 1. The van der Waals surface area contributed by atoms with E-state index in [2.05, 4.69) is 22.5 Å². The first-order chi connectivity index (χ1) is 12.3. The van der Waals surface area contributed by atoms with Crippen LogP contribution in [0.4, 0.5) is 4.39 Å². The van der Waals surface area contributed by atoms with E-state index in [9.17, 15) is 4.39 Å². The van der Waals surface area contributed by atoms with Crippen molar-refractivity contribution in [1.29, 1.82) is 0 Å². The highest BCUT2D eigenvalue weighted by molar-refractivity contribution is 5.79. The fourth-order valence-electron chi connectivity index (χ4n) is 3.09.